The van der Waals surface area contributed by atoms with Gasteiger partial charge in [0, 0.05) is 18.5 Å². The number of ether oxygens (including phenoxy) is 2. The molecule has 0 saturated carbocycles. The molecule has 2 aliphatic heterocycles. The first-order valence-electron chi connectivity index (χ1n) is 7.86. The molecule has 0 unspecified atom stereocenters. The van der Waals surface area contributed by atoms with Gasteiger partial charge in [-0.05, 0) is 25.9 Å². The lowest BCUT2D eigenvalue weighted by Gasteiger charge is -2.23. The minimum atomic E-state index is -0.0873. The van der Waals surface area contributed by atoms with E-state index in [9.17, 15) is 4.79 Å². The van der Waals surface area contributed by atoms with E-state index < -0.39 is 0 Å². The van der Waals surface area contributed by atoms with Crippen LogP contribution in [0.4, 0.5) is 0 Å². The van der Waals surface area contributed by atoms with Gasteiger partial charge in [-0.1, -0.05) is 0 Å². The van der Waals surface area contributed by atoms with Crippen molar-refractivity contribution in [1.29, 1.82) is 0 Å². The van der Waals surface area contributed by atoms with Gasteiger partial charge in [0.05, 0.1) is 24.9 Å². The predicted molar refractivity (Wildman–Crippen MR) is 81.3 cm³/mol. The smallest absolute Gasteiger partial charge is 0.327 e. The quantitative estimate of drug-likeness (QED) is 0.877. The zero-order valence-corrected chi connectivity index (χ0v) is 12.4. The lowest BCUT2D eigenvalue weighted by atomic mass is 10.1. The third-order valence-corrected chi connectivity index (χ3v) is 4.41. The van der Waals surface area contributed by atoms with E-state index in [4.69, 9.17) is 9.47 Å². The van der Waals surface area contributed by atoms with Crippen LogP contribution in [-0.2, 0) is 4.74 Å². The van der Waals surface area contributed by atoms with Gasteiger partial charge in [-0.3, -0.25) is 9.55 Å². The maximum Gasteiger partial charge on any atom is 0.327 e. The molecule has 118 valence electrons. The van der Waals surface area contributed by atoms with Gasteiger partial charge in [0.25, 0.3) is 0 Å². The summed E-state index contributed by atoms with van der Waals surface area (Å²) in [5, 5.41) is 3.32. The number of fused-ring (bicyclic) bond motifs is 1. The molecule has 2 aliphatic rings. The molecule has 2 aromatic heterocycles. The van der Waals surface area contributed by atoms with Crippen LogP contribution in [0.15, 0.2) is 17.1 Å². The number of aromatic nitrogens is 3. The fourth-order valence-electron chi connectivity index (χ4n) is 3.28. The molecule has 0 radical (unpaired) electrons. The average molecular weight is 304 g/mol. The summed E-state index contributed by atoms with van der Waals surface area (Å²) >= 11 is 0. The standard InChI is InChI=1S/C15H20N4O3/c20-15-18-14-13(19(15)10-1-4-16-5-2-10)7-12(8-17-14)22-11-3-6-21-9-11/h7-8,10-11,16H,1-6,9H2,(H,17,18,20)/t11-/m1/s1. The lowest BCUT2D eigenvalue weighted by Crippen LogP contribution is -2.33. The van der Waals surface area contributed by atoms with Crippen LogP contribution < -0.4 is 15.7 Å². The molecule has 0 aliphatic carbocycles. The molecular weight excluding hydrogens is 284 g/mol. The number of hydrogen-bond acceptors (Lipinski definition) is 5. The molecule has 2 fully saturated rings. The molecule has 0 bridgehead atoms. The van der Waals surface area contributed by atoms with Gasteiger partial charge >= 0.3 is 5.69 Å². The maximum absolute atomic E-state index is 12.3. The van der Waals surface area contributed by atoms with Crippen molar-refractivity contribution in [2.45, 2.75) is 31.4 Å². The second-order valence-corrected chi connectivity index (χ2v) is 5.92. The molecule has 7 heteroatoms. The highest BCUT2D eigenvalue weighted by molar-refractivity contribution is 5.72. The molecule has 4 rings (SSSR count). The summed E-state index contributed by atoms with van der Waals surface area (Å²) in [7, 11) is 0. The molecule has 2 N–H and O–H groups in total. The van der Waals surface area contributed by atoms with Crippen molar-refractivity contribution < 1.29 is 9.47 Å². The molecule has 22 heavy (non-hydrogen) atoms. The largest absolute Gasteiger partial charge is 0.486 e. The highest BCUT2D eigenvalue weighted by Gasteiger charge is 2.22. The lowest BCUT2D eigenvalue weighted by molar-refractivity contribution is 0.141. The van der Waals surface area contributed by atoms with E-state index in [0.717, 1.165) is 44.5 Å². The summed E-state index contributed by atoms with van der Waals surface area (Å²) in [4.78, 5) is 19.5. The number of nitrogens with zero attached hydrogens (tertiary/aromatic N) is 2. The Labute approximate surface area is 127 Å². The van der Waals surface area contributed by atoms with Crippen LogP contribution in [0.2, 0.25) is 0 Å². The van der Waals surface area contributed by atoms with Gasteiger partial charge in [0.1, 0.15) is 11.9 Å². The van der Waals surface area contributed by atoms with Crippen molar-refractivity contribution in [3.05, 3.63) is 22.7 Å². The number of hydrogen-bond donors (Lipinski definition) is 2. The monoisotopic (exact) mass is 304 g/mol. The van der Waals surface area contributed by atoms with Crippen molar-refractivity contribution in [3.8, 4) is 5.75 Å². The first-order valence-corrected chi connectivity index (χ1v) is 7.86. The van der Waals surface area contributed by atoms with Crippen LogP contribution in [-0.4, -0.2) is 46.9 Å². The highest BCUT2D eigenvalue weighted by atomic mass is 16.5. The number of piperidine rings is 1. The fourth-order valence-corrected chi connectivity index (χ4v) is 3.28. The maximum atomic E-state index is 12.3. The molecule has 2 saturated heterocycles. The zero-order chi connectivity index (χ0) is 14.9. The van der Waals surface area contributed by atoms with E-state index in [0.29, 0.717) is 18.0 Å². The topological polar surface area (TPSA) is 81.2 Å². The predicted octanol–water partition coefficient (Wildman–Crippen LogP) is 0.817. The number of rotatable bonds is 3. The Morgan fingerprint density at radius 2 is 2.18 bits per heavy atom. The molecule has 1 atom stereocenters. The van der Waals surface area contributed by atoms with Crippen LogP contribution in [0.3, 0.4) is 0 Å². The molecular formula is C15H20N4O3. The van der Waals surface area contributed by atoms with Crippen molar-refractivity contribution in [3.63, 3.8) is 0 Å². The Balaban J connectivity index is 1.68. The van der Waals surface area contributed by atoms with Crippen LogP contribution in [0.25, 0.3) is 11.2 Å². The number of H-pyrrole nitrogens is 1. The number of imidazole rings is 1. The number of pyridine rings is 1. The Hall–Kier alpha value is -1.86. The van der Waals surface area contributed by atoms with Crippen molar-refractivity contribution in [1.82, 2.24) is 19.9 Å². The summed E-state index contributed by atoms with van der Waals surface area (Å²) in [5.74, 6) is 0.699. The third kappa shape index (κ3) is 2.50. The Bertz CT molecular complexity index is 711. The van der Waals surface area contributed by atoms with Crippen molar-refractivity contribution >= 4 is 11.2 Å². The number of aromatic amines is 1. The summed E-state index contributed by atoms with van der Waals surface area (Å²) < 4.78 is 13.1. The van der Waals surface area contributed by atoms with Gasteiger partial charge in [0.2, 0.25) is 0 Å². The highest BCUT2D eigenvalue weighted by Crippen LogP contribution is 2.24. The molecule has 7 nitrogen and oxygen atoms in total. The molecule has 0 amide bonds. The van der Waals surface area contributed by atoms with Gasteiger partial charge < -0.3 is 14.8 Å². The minimum absolute atomic E-state index is 0.0808. The van der Waals surface area contributed by atoms with E-state index in [1.165, 1.54) is 0 Å². The van der Waals surface area contributed by atoms with E-state index >= 15 is 0 Å². The first kappa shape index (κ1) is 13.8. The second-order valence-electron chi connectivity index (χ2n) is 5.92. The summed E-state index contributed by atoms with van der Waals surface area (Å²) in [6, 6.07) is 2.13. The van der Waals surface area contributed by atoms with Gasteiger partial charge in [0.15, 0.2) is 5.65 Å². The van der Waals surface area contributed by atoms with Gasteiger partial charge in [-0.15, -0.1) is 0 Å². The zero-order valence-electron chi connectivity index (χ0n) is 12.4. The SMILES string of the molecule is O=c1[nH]c2ncc(O[C@@H]3CCOC3)cc2n1C1CCNCC1. The van der Waals surface area contributed by atoms with Crippen LogP contribution >= 0.6 is 0 Å². The molecule has 0 aromatic carbocycles. The van der Waals surface area contributed by atoms with E-state index in [1.807, 2.05) is 10.6 Å². The van der Waals surface area contributed by atoms with Crippen LogP contribution in [0.5, 0.6) is 5.75 Å². The van der Waals surface area contributed by atoms with Crippen LogP contribution in [0, 0.1) is 0 Å². The van der Waals surface area contributed by atoms with Crippen LogP contribution in [0.1, 0.15) is 25.3 Å². The van der Waals surface area contributed by atoms with Gasteiger partial charge in [-0.25, -0.2) is 9.78 Å². The third-order valence-electron chi connectivity index (χ3n) is 4.41. The Morgan fingerprint density at radius 1 is 1.32 bits per heavy atom. The normalized spacial score (nSPS) is 23.2. The summed E-state index contributed by atoms with van der Waals surface area (Å²) in [6.45, 7) is 3.23. The molecule has 4 heterocycles. The van der Waals surface area contributed by atoms with E-state index in [1.54, 1.807) is 6.20 Å². The summed E-state index contributed by atoms with van der Waals surface area (Å²) in [5.41, 5.74) is 1.36. The van der Waals surface area contributed by atoms with Crippen molar-refractivity contribution in [2.24, 2.45) is 0 Å². The minimum Gasteiger partial charge on any atom is -0.486 e. The molecule has 0 spiro atoms. The number of nitrogens with one attached hydrogen (secondary N) is 2. The second kappa shape index (κ2) is 5.73. The fraction of sp³-hybridized carbons (Fsp3) is 0.600. The summed E-state index contributed by atoms with van der Waals surface area (Å²) in [6.07, 6.45) is 4.55. The molecule has 2 aromatic rings. The van der Waals surface area contributed by atoms with Gasteiger partial charge in [-0.2, -0.15) is 0 Å². The first-order chi connectivity index (χ1) is 10.8. The van der Waals surface area contributed by atoms with Crippen molar-refractivity contribution in [2.75, 3.05) is 26.3 Å². The van der Waals surface area contributed by atoms with E-state index in [-0.39, 0.29) is 17.8 Å². The van der Waals surface area contributed by atoms with E-state index in [2.05, 4.69) is 15.3 Å². The Kier molecular flexibility index (Phi) is 3.59. The average Bonchev–Trinajstić information content (AvgIpc) is 3.15. The Morgan fingerprint density at radius 3 is 2.95 bits per heavy atom.